The van der Waals surface area contributed by atoms with E-state index in [-0.39, 0.29) is 1.43 Å². The van der Waals surface area contributed by atoms with Crippen molar-refractivity contribution in [1.82, 2.24) is 24.6 Å². The van der Waals surface area contributed by atoms with Crippen LogP contribution in [0, 0.1) is 5.41 Å². The quantitative estimate of drug-likeness (QED) is 0.553. The molecule has 1 aliphatic rings. The molecule has 0 amide bonds. The first-order chi connectivity index (χ1) is 13.1. The van der Waals surface area contributed by atoms with Gasteiger partial charge in [-0.25, -0.2) is 14.5 Å². The number of fused-ring (bicyclic) bond motifs is 2. The summed E-state index contributed by atoms with van der Waals surface area (Å²) in [6.07, 6.45) is 9.84. The summed E-state index contributed by atoms with van der Waals surface area (Å²) in [7, 11) is 1.80. The first-order valence-corrected chi connectivity index (χ1v) is 9.30. The van der Waals surface area contributed by atoms with E-state index in [1.807, 2.05) is 36.5 Å². The predicted molar refractivity (Wildman–Crippen MR) is 111 cm³/mol. The Morgan fingerprint density at radius 1 is 1.07 bits per heavy atom. The fourth-order valence-corrected chi connectivity index (χ4v) is 3.22. The number of nitrogens with one attached hydrogen (secondary N) is 1. The van der Waals surface area contributed by atoms with E-state index in [0.29, 0.717) is 5.95 Å². The second kappa shape index (κ2) is 6.95. The fraction of sp³-hybridized carbons (Fsp3) is 0.333. The number of hydrogen-bond donors (Lipinski definition) is 1. The average Bonchev–Trinajstić information content (AvgIpc) is 3.10. The number of anilines is 1. The standard InChI is InChI=1S/C15H12N6.C6H12.H2/c1-16-15-18-9-14-10(6-8-21(14)20-15)11-4-5-12-13(19-11)3-2-7-17-12;1-6(2)4-3-5-6;/h2-9H,1H3,(H,16,20);3-5H2,1-2H3;1H. The molecule has 0 spiro atoms. The SMILES string of the molecule is CC1(C)CCC1.CNc1ncc2c(-c3ccc4ncccc4n3)ccn2n1.[HH]. The van der Waals surface area contributed by atoms with Crippen LogP contribution in [0.3, 0.4) is 0 Å². The zero-order valence-electron chi connectivity index (χ0n) is 16.0. The van der Waals surface area contributed by atoms with Crippen LogP contribution in [-0.4, -0.2) is 31.6 Å². The van der Waals surface area contributed by atoms with Crippen LogP contribution >= 0.6 is 0 Å². The summed E-state index contributed by atoms with van der Waals surface area (Å²) in [5.74, 6) is 0.584. The van der Waals surface area contributed by atoms with Crippen molar-refractivity contribution in [2.45, 2.75) is 33.1 Å². The molecule has 4 aromatic heterocycles. The van der Waals surface area contributed by atoms with Gasteiger partial charge in [-0.15, -0.1) is 5.10 Å². The maximum absolute atomic E-state index is 4.66. The van der Waals surface area contributed by atoms with Gasteiger partial charge in [-0.05, 0) is 48.6 Å². The number of rotatable bonds is 2. The molecule has 6 heteroatoms. The Balaban J connectivity index is 0.000000278. The van der Waals surface area contributed by atoms with Gasteiger partial charge in [0, 0.05) is 26.4 Å². The highest BCUT2D eigenvalue weighted by Gasteiger charge is 2.25. The van der Waals surface area contributed by atoms with Crippen molar-refractivity contribution in [3.63, 3.8) is 0 Å². The van der Waals surface area contributed by atoms with E-state index in [0.717, 1.165) is 33.2 Å². The van der Waals surface area contributed by atoms with Crippen LogP contribution in [0.4, 0.5) is 5.95 Å². The smallest absolute Gasteiger partial charge is 0.240 e. The van der Waals surface area contributed by atoms with E-state index in [4.69, 9.17) is 0 Å². The van der Waals surface area contributed by atoms with E-state index in [2.05, 4.69) is 39.2 Å². The minimum Gasteiger partial charge on any atom is -0.356 e. The topological polar surface area (TPSA) is 68.0 Å². The Kier molecular flexibility index (Phi) is 4.48. The van der Waals surface area contributed by atoms with Gasteiger partial charge in [-0.1, -0.05) is 20.3 Å². The molecule has 27 heavy (non-hydrogen) atoms. The molecule has 1 N–H and O–H groups in total. The van der Waals surface area contributed by atoms with Gasteiger partial charge in [0.05, 0.1) is 28.4 Å². The van der Waals surface area contributed by atoms with Crippen LogP contribution in [0.25, 0.3) is 27.8 Å². The van der Waals surface area contributed by atoms with Crippen molar-refractivity contribution >= 4 is 22.5 Å². The van der Waals surface area contributed by atoms with Gasteiger partial charge < -0.3 is 5.32 Å². The summed E-state index contributed by atoms with van der Waals surface area (Å²) in [5, 5.41) is 7.28. The molecule has 1 saturated carbocycles. The summed E-state index contributed by atoms with van der Waals surface area (Å²) >= 11 is 0. The second-order valence-electron chi connectivity index (χ2n) is 7.65. The van der Waals surface area contributed by atoms with Gasteiger partial charge in [-0.2, -0.15) is 0 Å². The maximum atomic E-state index is 4.66. The minimum absolute atomic E-state index is 0. The van der Waals surface area contributed by atoms with Gasteiger partial charge in [-0.3, -0.25) is 4.98 Å². The highest BCUT2D eigenvalue weighted by molar-refractivity contribution is 5.83. The normalized spacial score (nSPS) is 15.1. The Morgan fingerprint density at radius 3 is 2.59 bits per heavy atom. The van der Waals surface area contributed by atoms with E-state index < -0.39 is 0 Å². The number of pyridine rings is 2. The molecule has 1 fully saturated rings. The molecule has 0 atom stereocenters. The van der Waals surface area contributed by atoms with E-state index >= 15 is 0 Å². The third-order valence-electron chi connectivity index (χ3n) is 5.08. The first kappa shape index (κ1) is 17.4. The fourth-order valence-electron chi connectivity index (χ4n) is 3.22. The molecule has 0 bridgehead atoms. The van der Waals surface area contributed by atoms with Gasteiger partial charge >= 0.3 is 0 Å². The monoisotopic (exact) mass is 362 g/mol. The van der Waals surface area contributed by atoms with Crippen molar-refractivity contribution in [1.29, 1.82) is 0 Å². The minimum atomic E-state index is 0. The molecule has 6 nitrogen and oxygen atoms in total. The van der Waals surface area contributed by atoms with Crippen LogP contribution in [-0.2, 0) is 0 Å². The summed E-state index contributed by atoms with van der Waals surface area (Å²) < 4.78 is 1.79. The maximum Gasteiger partial charge on any atom is 0.240 e. The molecule has 5 rings (SSSR count). The van der Waals surface area contributed by atoms with Crippen LogP contribution in [0.5, 0.6) is 0 Å². The van der Waals surface area contributed by atoms with Crippen molar-refractivity contribution in [3.8, 4) is 11.3 Å². The van der Waals surface area contributed by atoms with Crippen molar-refractivity contribution in [3.05, 3.63) is 48.9 Å². The molecule has 140 valence electrons. The molecule has 0 saturated heterocycles. The van der Waals surface area contributed by atoms with Gasteiger partial charge in [0.25, 0.3) is 0 Å². The number of hydrogen-bond acceptors (Lipinski definition) is 5. The number of aromatic nitrogens is 5. The van der Waals surface area contributed by atoms with Crippen LogP contribution in [0.15, 0.2) is 48.9 Å². The van der Waals surface area contributed by atoms with Gasteiger partial charge in [0.1, 0.15) is 0 Å². The number of nitrogens with zero attached hydrogens (tertiary/aromatic N) is 5. The molecule has 0 radical (unpaired) electrons. The molecule has 4 aromatic rings. The van der Waals surface area contributed by atoms with Gasteiger partial charge in [0.2, 0.25) is 5.95 Å². The van der Waals surface area contributed by atoms with E-state index in [1.165, 1.54) is 19.3 Å². The lowest BCUT2D eigenvalue weighted by Crippen LogP contribution is -2.20. The Hall–Kier alpha value is -3.02. The average molecular weight is 362 g/mol. The van der Waals surface area contributed by atoms with E-state index in [9.17, 15) is 0 Å². The molecule has 1 aliphatic carbocycles. The third kappa shape index (κ3) is 3.60. The lowest BCUT2D eigenvalue weighted by Gasteiger charge is -2.33. The largest absolute Gasteiger partial charge is 0.356 e. The highest BCUT2D eigenvalue weighted by atomic mass is 15.3. The summed E-state index contributed by atoms with van der Waals surface area (Å²) in [4.78, 5) is 13.2. The zero-order valence-corrected chi connectivity index (χ0v) is 16.0. The van der Waals surface area contributed by atoms with E-state index in [1.54, 1.807) is 24.0 Å². The lowest BCUT2D eigenvalue weighted by molar-refractivity contribution is 0.190. The van der Waals surface area contributed by atoms with Crippen LogP contribution in [0.2, 0.25) is 0 Å². The summed E-state index contributed by atoms with van der Waals surface area (Å²) in [6.45, 7) is 4.66. The lowest BCUT2D eigenvalue weighted by atomic mass is 9.72. The van der Waals surface area contributed by atoms with Crippen LogP contribution in [0.1, 0.15) is 34.5 Å². The molecule has 0 unspecified atom stereocenters. The second-order valence-corrected chi connectivity index (χ2v) is 7.65. The Bertz CT molecular complexity index is 1080. The summed E-state index contributed by atoms with van der Waals surface area (Å²) in [6, 6.07) is 9.79. The van der Waals surface area contributed by atoms with Crippen molar-refractivity contribution in [2.24, 2.45) is 5.41 Å². The molecular weight excluding hydrogens is 336 g/mol. The van der Waals surface area contributed by atoms with Crippen molar-refractivity contribution < 1.29 is 1.43 Å². The van der Waals surface area contributed by atoms with Crippen molar-refractivity contribution in [2.75, 3.05) is 12.4 Å². The molecule has 0 aromatic carbocycles. The Morgan fingerprint density at radius 2 is 1.89 bits per heavy atom. The highest BCUT2D eigenvalue weighted by Crippen LogP contribution is 2.38. The Labute approximate surface area is 160 Å². The third-order valence-corrected chi connectivity index (χ3v) is 5.08. The van der Waals surface area contributed by atoms with Crippen LogP contribution < -0.4 is 5.32 Å². The zero-order chi connectivity index (χ0) is 18.9. The molecule has 0 aliphatic heterocycles. The summed E-state index contributed by atoms with van der Waals surface area (Å²) in [5.41, 5.74) is 5.30. The molecule has 4 heterocycles. The molecular formula is C21H26N6. The predicted octanol–water partition coefficient (Wildman–Crippen LogP) is 4.82. The van der Waals surface area contributed by atoms with Gasteiger partial charge in [0.15, 0.2) is 0 Å². The first-order valence-electron chi connectivity index (χ1n) is 9.30.